The molecule has 0 bridgehead atoms. The van der Waals surface area contributed by atoms with Gasteiger partial charge in [0, 0.05) is 23.4 Å². The summed E-state index contributed by atoms with van der Waals surface area (Å²) in [7, 11) is -3.06. The Morgan fingerprint density at radius 1 is 1.40 bits per heavy atom. The zero-order valence-corrected chi connectivity index (χ0v) is 8.94. The van der Waals surface area contributed by atoms with E-state index in [9.17, 15) is 12.8 Å². The lowest BCUT2D eigenvalue weighted by Crippen LogP contribution is -1.99. The van der Waals surface area contributed by atoms with Gasteiger partial charge in [-0.3, -0.25) is 0 Å². The second-order valence-electron chi connectivity index (χ2n) is 3.57. The van der Waals surface area contributed by atoms with Crippen molar-refractivity contribution in [1.82, 2.24) is 4.98 Å². The SMILES string of the molecule is CS(=O)(=O)Cc1c[nH]c2cc(F)ccc12. The monoisotopic (exact) mass is 227 g/mol. The molecule has 0 saturated heterocycles. The highest BCUT2D eigenvalue weighted by atomic mass is 32.2. The van der Waals surface area contributed by atoms with Crippen LogP contribution in [0.25, 0.3) is 10.9 Å². The quantitative estimate of drug-likeness (QED) is 0.851. The fourth-order valence-electron chi connectivity index (χ4n) is 1.56. The van der Waals surface area contributed by atoms with E-state index in [0.717, 1.165) is 5.39 Å². The summed E-state index contributed by atoms with van der Waals surface area (Å²) >= 11 is 0. The Morgan fingerprint density at radius 2 is 2.13 bits per heavy atom. The van der Waals surface area contributed by atoms with Gasteiger partial charge < -0.3 is 4.98 Å². The Labute approximate surface area is 86.8 Å². The number of hydrogen-bond acceptors (Lipinski definition) is 2. The third kappa shape index (κ3) is 2.18. The van der Waals surface area contributed by atoms with Crippen molar-refractivity contribution in [1.29, 1.82) is 0 Å². The molecule has 1 heterocycles. The molecule has 0 radical (unpaired) electrons. The summed E-state index contributed by atoms with van der Waals surface area (Å²) in [6, 6.07) is 4.25. The van der Waals surface area contributed by atoms with Crippen LogP contribution in [0.3, 0.4) is 0 Å². The second-order valence-corrected chi connectivity index (χ2v) is 5.71. The Hall–Kier alpha value is -1.36. The van der Waals surface area contributed by atoms with E-state index in [1.165, 1.54) is 18.4 Å². The summed E-state index contributed by atoms with van der Waals surface area (Å²) in [6.07, 6.45) is 2.78. The lowest BCUT2D eigenvalue weighted by atomic mass is 10.2. The maximum absolute atomic E-state index is 12.8. The van der Waals surface area contributed by atoms with E-state index in [0.29, 0.717) is 11.1 Å². The first-order valence-electron chi connectivity index (χ1n) is 4.39. The number of benzene rings is 1. The van der Waals surface area contributed by atoms with E-state index in [-0.39, 0.29) is 11.6 Å². The average molecular weight is 227 g/mol. The topological polar surface area (TPSA) is 49.9 Å². The Kier molecular flexibility index (Phi) is 2.26. The molecule has 2 rings (SSSR count). The predicted octanol–water partition coefficient (Wildman–Crippen LogP) is 1.85. The third-order valence-electron chi connectivity index (χ3n) is 2.15. The molecule has 0 amide bonds. The molecular weight excluding hydrogens is 217 g/mol. The molecule has 0 aliphatic carbocycles. The van der Waals surface area contributed by atoms with E-state index in [1.807, 2.05) is 0 Å². The van der Waals surface area contributed by atoms with Crippen LogP contribution in [0.15, 0.2) is 24.4 Å². The molecule has 3 nitrogen and oxygen atoms in total. The largest absolute Gasteiger partial charge is 0.361 e. The number of fused-ring (bicyclic) bond motifs is 1. The molecule has 0 spiro atoms. The molecule has 80 valence electrons. The van der Waals surface area contributed by atoms with E-state index in [4.69, 9.17) is 0 Å². The van der Waals surface area contributed by atoms with Gasteiger partial charge in [-0.05, 0) is 23.8 Å². The number of H-pyrrole nitrogens is 1. The zero-order valence-electron chi connectivity index (χ0n) is 8.12. The van der Waals surface area contributed by atoms with Gasteiger partial charge in [-0.15, -0.1) is 0 Å². The van der Waals surface area contributed by atoms with E-state index < -0.39 is 9.84 Å². The molecule has 0 fully saturated rings. The van der Waals surface area contributed by atoms with Crippen molar-refractivity contribution < 1.29 is 12.8 Å². The molecule has 0 saturated carbocycles. The molecule has 1 N–H and O–H groups in total. The standard InChI is InChI=1S/C10H10FNO2S/c1-15(13,14)6-7-5-12-10-4-8(11)2-3-9(7)10/h2-5,12H,6H2,1H3. The number of aromatic amines is 1. The number of nitrogens with one attached hydrogen (secondary N) is 1. The molecule has 5 heteroatoms. The summed E-state index contributed by atoms with van der Waals surface area (Å²) in [5.74, 6) is -0.367. The van der Waals surface area contributed by atoms with E-state index >= 15 is 0 Å². The highest BCUT2D eigenvalue weighted by Gasteiger charge is 2.09. The van der Waals surface area contributed by atoms with Crippen molar-refractivity contribution >= 4 is 20.7 Å². The maximum Gasteiger partial charge on any atom is 0.151 e. The molecule has 1 aromatic heterocycles. The van der Waals surface area contributed by atoms with Crippen molar-refractivity contribution in [3.8, 4) is 0 Å². The minimum absolute atomic E-state index is 0.0291. The van der Waals surface area contributed by atoms with Gasteiger partial charge in [-0.2, -0.15) is 0 Å². The predicted molar refractivity (Wildman–Crippen MR) is 56.8 cm³/mol. The van der Waals surface area contributed by atoms with Gasteiger partial charge in [0.2, 0.25) is 0 Å². The van der Waals surface area contributed by atoms with Gasteiger partial charge in [-0.25, -0.2) is 12.8 Å². The number of hydrogen-bond donors (Lipinski definition) is 1. The Bertz CT molecular complexity index is 601. The van der Waals surface area contributed by atoms with E-state index in [2.05, 4.69) is 4.98 Å². The van der Waals surface area contributed by atoms with Gasteiger partial charge in [0.15, 0.2) is 9.84 Å². The van der Waals surface area contributed by atoms with Gasteiger partial charge >= 0.3 is 0 Å². The molecule has 0 atom stereocenters. The van der Waals surface area contributed by atoms with Gasteiger partial charge in [0.25, 0.3) is 0 Å². The van der Waals surface area contributed by atoms with Crippen LogP contribution < -0.4 is 0 Å². The van der Waals surface area contributed by atoms with Crippen molar-refractivity contribution in [2.24, 2.45) is 0 Å². The highest BCUT2D eigenvalue weighted by Crippen LogP contribution is 2.20. The summed E-state index contributed by atoms with van der Waals surface area (Å²) < 4.78 is 35.1. The Balaban J connectivity index is 2.55. The van der Waals surface area contributed by atoms with Crippen LogP contribution in [-0.2, 0) is 15.6 Å². The van der Waals surface area contributed by atoms with Crippen molar-refractivity contribution in [3.63, 3.8) is 0 Å². The minimum atomic E-state index is -3.06. The van der Waals surface area contributed by atoms with Crippen LogP contribution in [0.2, 0.25) is 0 Å². The van der Waals surface area contributed by atoms with Crippen molar-refractivity contribution in [3.05, 3.63) is 35.8 Å². The van der Waals surface area contributed by atoms with Gasteiger partial charge in [0.1, 0.15) is 5.82 Å². The summed E-state index contributed by atoms with van der Waals surface area (Å²) in [6.45, 7) is 0. The maximum atomic E-state index is 12.8. The fraction of sp³-hybridized carbons (Fsp3) is 0.200. The van der Waals surface area contributed by atoms with Crippen LogP contribution in [-0.4, -0.2) is 19.7 Å². The van der Waals surface area contributed by atoms with Crippen LogP contribution in [0.5, 0.6) is 0 Å². The lowest BCUT2D eigenvalue weighted by Gasteiger charge is -1.96. The second kappa shape index (κ2) is 3.34. The summed E-state index contributed by atoms with van der Waals surface area (Å²) in [5, 5.41) is 0.752. The van der Waals surface area contributed by atoms with Crippen LogP contribution in [0, 0.1) is 5.82 Å². The molecule has 15 heavy (non-hydrogen) atoms. The molecule has 1 aromatic carbocycles. The highest BCUT2D eigenvalue weighted by molar-refractivity contribution is 7.89. The fourth-order valence-corrected chi connectivity index (χ4v) is 2.36. The van der Waals surface area contributed by atoms with Gasteiger partial charge in [-0.1, -0.05) is 0 Å². The summed E-state index contributed by atoms with van der Waals surface area (Å²) in [5.41, 5.74) is 1.29. The van der Waals surface area contributed by atoms with Crippen molar-refractivity contribution in [2.75, 3.05) is 6.26 Å². The Morgan fingerprint density at radius 3 is 2.80 bits per heavy atom. The number of halogens is 1. The smallest absolute Gasteiger partial charge is 0.151 e. The average Bonchev–Trinajstić information content (AvgIpc) is 2.45. The lowest BCUT2D eigenvalue weighted by molar-refractivity contribution is 0.601. The molecule has 0 aliphatic rings. The minimum Gasteiger partial charge on any atom is -0.361 e. The molecule has 0 aliphatic heterocycles. The first-order chi connectivity index (χ1) is 6.96. The third-order valence-corrected chi connectivity index (χ3v) is 2.98. The first-order valence-corrected chi connectivity index (χ1v) is 6.45. The van der Waals surface area contributed by atoms with Crippen LogP contribution >= 0.6 is 0 Å². The first kappa shape index (κ1) is 10.2. The zero-order chi connectivity index (χ0) is 11.1. The summed E-state index contributed by atoms with van der Waals surface area (Å²) in [4.78, 5) is 2.85. The number of sulfone groups is 1. The molecule has 2 aromatic rings. The van der Waals surface area contributed by atoms with Gasteiger partial charge in [0.05, 0.1) is 5.75 Å². The van der Waals surface area contributed by atoms with Crippen LogP contribution in [0.1, 0.15) is 5.56 Å². The number of aromatic nitrogens is 1. The number of rotatable bonds is 2. The van der Waals surface area contributed by atoms with Crippen molar-refractivity contribution in [2.45, 2.75) is 5.75 Å². The van der Waals surface area contributed by atoms with E-state index in [1.54, 1.807) is 12.3 Å². The van der Waals surface area contributed by atoms with Crippen LogP contribution in [0.4, 0.5) is 4.39 Å². The molecule has 0 unspecified atom stereocenters. The molecular formula is C10H10FNO2S. The normalized spacial score (nSPS) is 12.1.